The molecule has 0 aliphatic carbocycles. The summed E-state index contributed by atoms with van der Waals surface area (Å²) in [6.45, 7) is 11.7. The van der Waals surface area contributed by atoms with Gasteiger partial charge >= 0.3 is 5.97 Å². The summed E-state index contributed by atoms with van der Waals surface area (Å²) in [5, 5.41) is 9.36. The average Bonchev–Trinajstić information content (AvgIpc) is 2.44. The van der Waals surface area contributed by atoms with Crippen LogP contribution in [0.15, 0.2) is 12.7 Å². The fraction of sp³-hybridized carbons (Fsp3) is 0.471. The Kier molecular flexibility index (Phi) is 3.99. The van der Waals surface area contributed by atoms with Gasteiger partial charge in [-0.1, -0.05) is 12.7 Å². The highest BCUT2D eigenvalue weighted by molar-refractivity contribution is 5.78. The first-order chi connectivity index (χ1) is 9.81. The minimum Gasteiger partial charge on any atom is -0.489 e. The quantitative estimate of drug-likeness (QED) is 0.864. The lowest BCUT2D eigenvalue weighted by Crippen LogP contribution is -2.44. The second-order valence-electron chi connectivity index (χ2n) is 5.75. The van der Waals surface area contributed by atoms with Gasteiger partial charge in [0.15, 0.2) is 0 Å². The van der Waals surface area contributed by atoms with E-state index in [1.54, 1.807) is 13.0 Å². The maximum atomic E-state index is 11.4. The van der Waals surface area contributed by atoms with Gasteiger partial charge in [0, 0.05) is 12.0 Å². The number of hydrogen-bond acceptors (Lipinski definition) is 3. The molecule has 0 spiro atoms. The van der Waals surface area contributed by atoms with Crippen molar-refractivity contribution in [2.75, 3.05) is 6.61 Å². The maximum absolute atomic E-state index is 11.4. The Morgan fingerprint density at radius 2 is 2.05 bits per heavy atom. The molecule has 4 heteroatoms. The maximum Gasteiger partial charge on any atom is 0.347 e. The Bertz CT molecular complexity index is 604. The van der Waals surface area contributed by atoms with Gasteiger partial charge in [0.25, 0.3) is 0 Å². The predicted octanol–water partition coefficient (Wildman–Crippen LogP) is 3.34. The molecule has 0 aromatic heterocycles. The van der Waals surface area contributed by atoms with E-state index in [1.165, 1.54) is 0 Å². The number of benzene rings is 1. The molecule has 0 saturated heterocycles. The topological polar surface area (TPSA) is 55.8 Å². The molecule has 1 heterocycles. The summed E-state index contributed by atoms with van der Waals surface area (Å²) in [5.74, 6) is 0.635. The second-order valence-corrected chi connectivity index (χ2v) is 5.75. The first kappa shape index (κ1) is 15.4. The number of ether oxygens (including phenoxy) is 2. The van der Waals surface area contributed by atoms with Crippen LogP contribution in [0.2, 0.25) is 0 Å². The number of carboxylic acids is 1. The van der Waals surface area contributed by atoms with Crippen molar-refractivity contribution in [1.29, 1.82) is 0 Å². The lowest BCUT2D eigenvalue weighted by atomic mass is 9.87. The molecule has 4 nitrogen and oxygen atoms in total. The number of carbonyl (C=O) groups is 1. The van der Waals surface area contributed by atoms with Crippen molar-refractivity contribution in [3.63, 3.8) is 0 Å². The Morgan fingerprint density at radius 1 is 1.38 bits per heavy atom. The summed E-state index contributed by atoms with van der Waals surface area (Å²) >= 11 is 0. The third kappa shape index (κ3) is 2.50. The molecule has 1 aliphatic heterocycles. The highest BCUT2D eigenvalue weighted by Crippen LogP contribution is 2.43. The summed E-state index contributed by atoms with van der Waals surface area (Å²) in [6, 6.07) is 0. The van der Waals surface area contributed by atoms with Gasteiger partial charge in [0.1, 0.15) is 18.1 Å². The molecule has 0 saturated carbocycles. The van der Waals surface area contributed by atoms with Crippen molar-refractivity contribution in [2.45, 2.75) is 46.1 Å². The van der Waals surface area contributed by atoms with E-state index in [0.29, 0.717) is 25.2 Å². The monoisotopic (exact) mass is 290 g/mol. The highest BCUT2D eigenvalue weighted by atomic mass is 16.5. The first-order valence-corrected chi connectivity index (χ1v) is 7.10. The van der Waals surface area contributed by atoms with Crippen LogP contribution in [-0.2, 0) is 11.2 Å². The van der Waals surface area contributed by atoms with Crippen molar-refractivity contribution in [3.8, 4) is 11.5 Å². The zero-order valence-corrected chi connectivity index (χ0v) is 13.1. The second kappa shape index (κ2) is 5.43. The van der Waals surface area contributed by atoms with E-state index in [0.717, 1.165) is 28.0 Å². The van der Waals surface area contributed by atoms with E-state index in [-0.39, 0.29) is 0 Å². The van der Waals surface area contributed by atoms with Crippen LogP contribution in [0.4, 0.5) is 0 Å². The molecule has 1 aromatic carbocycles. The minimum atomic E-state index is -1.15. The van der Waals surface area contributed by atoms with Gasteiger partial charge in [-0.05, 0) is 50.8 Å². The molecule has 1 atom stereocenters. The molecule has 2 rings (SSSR count). The summed E-state index contributed by atoms with van der Waals surface area (Å²) < 4.78 is 11.6. The smallest absolute Gasteiger partial charge is 0.347 e. The van der Waals surface area contributed by atoms with Crippen molar-refractivity contribution < 1.29 is 19.4 Å². The number of carboxylic acid groups (broad SMARTS) is 1. The van der Waals surface area contributed by atoms with E-state index < -0.39 is 11.6 Å². The van der Waals surface area contributed by atoms with Gasteiger partial charge in [0.2, 0.25) is 5.60 Å². The van der Waals surface area contributed by atoms with E-state index >= 15 is 0 Å². The zero-order chi connectivity index (χ0) is 15.8. The van der Waals surface area contributed by atoms with Gasteiger partial charge in [0.05, 0.1) is 0 Å². The molecular formula is C17H22O4. The Labute approximate surface area is 125 Å². The van der Waals surface area contributed by atoms with E-state index in [1.807, 2.05) is 20.8 Å². The number of rotatable bonds is 4. The molecule has 21 heavy (non-hydrogen) atoms. The van der Waals surface area contributed by atoms with E-state index in [9.17, 15) is 9.90 Å². The Hall–Kier alpha value is -1.97. The van der Waals surface area contributed by atoms with Gasteiger partial charge < -0.3 is 14.6 Å². The molecule has 114 valence electrons. The number of hydrogen-bond donors (Lipinski definition) is 1. The Morgan fingerprint density at radius 3 is 2.62 bits per heavy atom. The van der Waals surface area contributed by atoms with Crippen LogP contribution in [0, 0.1) is 20.8 Å². The number of fused-ring (bicyclic) bond motifs is 1. The third-order valence-electron chi connectivity index (χ3n) is 4.29. The summed E-state index contributed by atoms with van der Waals surface area (Å²) in [4.78, 5) is 11.4. The summed E-state index contributed by atoms with van der Waals surface area (Å²) in [6.07, 6.45) is 2.85. The van der Waals surface area contributed by atoms with Crippen LogP contribution < -0.4 is 9.47 Å². The van der Waals surface area contributed by atoms with Crippen molar-refractivity contribution >= 4 is 5.97 Å². The molecule has 0 amide bonds. The molecule has 0 bridgehead atoms. The zero-order valence-electron chi connectivity index (χ0n) is 13.1. The largest absolute Gasteiger partial charge is 0.489 e. The molecule has 1 unspecified atom stereocenters. The van der Waals surface area contributed by atoms with E-state index in [4.69, 9.17) is 9.47 Å². The van der Waals surface area contributed by atoms with Crippen LogP contribution in [0.5, 0.6) is 11.5 Å². The predicted molar refractivity (Wildman–Crippen MR) is 81.3 cm³/mol. The van der Waals surface area contributed by atoms with Crippen LogP contribution in [0.1, 0.15) is 35.6 Å². The van der Waals surface area contributed by atoms with Crippen LogP contribution in [-0.4, -0.2) is 23.3 Å². The van der Waals surface area contributed by atoms with Crippen molar-refractivity contribution in [2.24, 2.45) is 0 Å². The fourth-order valence-corrected chi connectivity index (χ4v) is 2.74. The molecule has 1 N–H and O–H groups in total. The molecule has 0 radical (unpaired) electrons. The lowest BCUT2D eigenvalue weighted by molar-refractivity contribution is -0.155. The van der Waals surface area contributed by atoms with Crippen molar-refractivity contribution in [1.82, 2.24) is 0 Å². The van der Waals surface area contributed by atoms with E-state index in [2.05, 4.69) is 6.58 Å². The minimum absolute atomic E-state index is 0.452. The lowest BCUT2D eigenvalue weighted by Gasteiger charge is -2.35. The summed E-state index contributed by atoms with van der Waals surface area (Å²) in [5.41, 5.74) is 2.86. The molecular weight excluding hydrogens is 268 g/mol. The van der Waals surface area contributed by atoms with Gasteiger partial charge in [-0.3, -0.25) is 0 Å². The van der Waals surface area contributed by atoms with Gasteiger partial charge in [-0.2, -0.15) is 0 Å². The SMILES string of the molecule is C=CCOc1c(C)c(C)c2c(c1C)CCC(C)(C(=O)O)O2. The Balaban J connectivity index is 2.53. The third-order valence-corrected chi connectivity index (χ3v) is 4.29. The van der Waals surface area contributed by atoms with Crippen LogP contribution in [0.3, 0.4) is 0 Å². The van der Waals surface area contributed by atoms with Gasteiger partial charge in [-0.25, -0.2) is 4.79 Å². The molecule has 0 fully saturated rings. The standard InChI is InChI=1S/C17H22O4/c1-6-9-20-14-10(2)11(3)15-13(12(14)4)7-8-17(5,21-15)16(18)19/h6H,1,7-9H2,2-5H3,(H,18,19). The molecule has 1 aromatic rings. The van der Waals surface area contributed by atoms with Crippen LogP contribution in [0.25, 0.3) is 0 Å². The fourth-order valence-electron chi connectivity index (χ4n) is 2.74. The molecule has 1 aliphatic rings. The van der Waals surface area contributed by atoms with Crippen molar-refractivity contribution in [3.05, 3.63) is 34.9 Å². The summed E-state index contributed by atoms with van der Waals surface area (Å²) in [7, 11) is 0. The first-order valence-electron chi connectivity index (χ1n) is 7.10. The number of aliphatic carboxylic acids is 1. The van der Waals surface area contributed by atoms with Crippen LogP contribution >= 0.6 is 0 Å². The normalized spacial score (nSPS) is 20.4. The highest BCUT2D eigenvalue weighted by Gasteiger charge is 2.40. The average molecular weight is 290 g/mol. The van der Waals surface area contributed by atoms with Gasteiger partial charge in [-0.15, -0.1) is 0 Å².